The van der Waals surface area contributed by atoms with Gasteiger partial charge < -0.3 is 10.2 Å². The lowest BCUT2D eigenvalue weighted by Crippen LogP contribution is -2.51. The number of para-hydroxylation sites is 1. The van der Waals surface area contributed by atoms with E-state index < -0.39 is 40.5 Å². The van der Waals surface area contributed by atoms with Crippen molar-refractivity contribution >= 4 is 34.1 Å². The minimum absolute atomic E-state index is 0.0484. The van der Waals surface area contributed by atoms with Crippen molar-refractivity contribution in [1.29, 1.82) is 0 Å². The standard InChI is InChI=1S/C14H16N4O7S/c19-12(16-13(20)15-9-4-2-1-3-5-9)11-7-6-10-8-17(11)14(21)18(10)25-26(22,23)24/h1-5,10-11H,6-8H2,(H,22,23,24)(H2,15,16,19,20)/t10-,11+/m1/s1. The number of amides is 5. The lowest BCUT2D eigenvalue weighted by atomic mass is 10.0. The van der Waals surface area contributed by atoms with Crippen molar-refractivity contribution in [3.05, 3.63) is 30.3 Å². The highest BCUT2D eigenvalue weighted by molar-refractivity contribution is 7.80. The summed E-state index contributed by atoms with van der Waals surface area (Å²) in [6.45, 7) is 0.0484. The van der Waals surface area contributed by atoms with E-state index in [4.69, 9.17) is 4.55 Å². The number of benzene rings is 1. The third kappa shape index (κ3) is 3.92. The van der Waals surface area contributed by atoms with E-state index in [1.54, 1.807) is 30.3 Å². The first-order valence-corrected chi connectivity index (χ1v) is 9.05. The number of hydroxylamine groups is 2. The maximum Gasteiger partial charge on any atom is 0.418 e. The van der Waals surface area contributed by atoms with Crippen LogP contribution in [0, 0.1) is 0 Å². The molecule has 0 aromatic heterocycles. The van der Waals surface area contributed by atoms with E-state index >= 15 is 0 Å². The molecule has 0 aliphatic carbocycles. The van der Waals surface area contributed by atoms with E-state index in [0.29, 0.717) is 10.8 Å². The summed E-state index contributed by atoms with van der Waals surface area (Å²) < 4.78 is 34.7. The fourth-order valence-corrected chi connectivity index (χ4v) is 3.37. The molecule has 2 aliphatic heterocycles. The Labute approximate surface area is 148 Å². The number of imide groups is 1. The highest BCUT2D eigenvalue weighted by Gasteiger charge is 2.49. The highest BCUT2D eigenvalue weighted by Crippen LogP contribution is 2.30. The van der Waals surface area contributed by atoms with Gasteiger partial charge in [-0.05, 0) is 25.0 Å². The van der Waals surface area contributed by atoms with E-state index in [1.165, 1.54) is 0 Å². The molecule has 140 valence electrons. The third-order valence-electron chi connectivity index (χ3n) is 4.07. The second-order valence-electron chi connectivity index (χ2n) is 5.82. The molecule has 12 heteroatoms. The fraction of sp³-hybridized carbons (Fsp3) is 0.357. The summed E-state index contributed by atoms with van der Waals surface area (Å²) >= 11 is 0. The van der Waals surface area contributed by atoms with Gasteiger partial charge in [0.15, 0.2) is 0 Å². The lowest BCUT2D eigenvalue weighted by Gasteiger charge is -2.28. The summed E-state index contributed by atoms with van der Waals surface area (Å²) in [5.41, 5.74) is 0.492. The zero-order chi connectivity index (χ0) is 18.9. The number of carbonyl (C=O) groups is 3. The van der Waals surface area contributed by atoms with Crippen LogP contribution in [0.25, 0.3) is 0 Å². The second kappa shape index (κ2) is 6.90. The van der Waals surface area contributed by atoms with Crippen LogP contribution in [0.1, 0.15) is 12.8 Å². The number of fused-ring (bicyclic) bond motifs is 2. The van der Waals surface area contributed by atoms with Gasteiger partial charge in [-0.2, -0.15) is 13.5 Å². The quantitative estimate of drug-likeness (QED) is 0.635. The summed E-state index contributed by atoms with van der Waals surface area (Å²) in [5.74, 6) is -0.695. The Bertz CT molecular complexity index is 829. The van der Waals surface area contributed by atoms with Crippen LogP contribution >= 0.6 is 0 Å². The summed E-state index contributed by atoms with van der Waals surface area (Å²) in [4.78, 5) is 37.6. The molecule has 5 amide bonds. The zero-order valence-corrected chi connectivity index (χ0v) is 14.2. The number of hydrogen-bond donors (Lipinski definition) is 3. The predicted molar refractivity (Wildman–Crippen MR) is 87.0 cm³/mol. The maximum absolute atomic E-state index is 12.3. The number of anilines is 1. The van der Waals surface area contributed by atoms with Gasteiger partial charge in [0, 0.05) is 12.2 Å². The van der Waals surface area contributed by atoms with Crippen LogP contribution in [0.5, 0.6) is 0 Å². The van der Waals surface area contributed by atoms with E-state index in [1.807, 2.05) is 0 Å². The second-order valence-corrected chi connectivity index (χ2v) is 6.82. The molecule has 3 N–H and O–H groups in total. The topological polar surface area (TPSA) is 145 Å². The lowest BCUT2D eigenvalue weighted by molar-refractivity contribution is -0.124. The Morgan fingerprint density at radius 3 is 2.54 bits per heavy atom. The molecule has 2 aliphatic rings. The number of nitrogens with zero attached hydrogens (tertiary/aromatic N) is 2. The molecule has 0 radical (unpaired) electrons. The Balaban J connectivity index is 1.62. The molecule has 0 unspecified atom stereocenters. The van der Waals surface area contributed by atoms with Gasteiger partial charge in [-0.15, -0.1) is 4.28 Å². The number of piperidine rings is 1. The summed E-state index contributed by atoms with van der Waals surface area (Å²) in [7, 11) is -4.86. The van der Waals surface area contributed by atoms with Crippen LogP contribution in [-0.4, -0.2) is 59.5 Å². The molecule has 2 heterocycles. The first-order valence-electron chi connectivity index (χ1n) is 7.68. The number of urea groups is 2. The monoisotopic (exact) mass is 384 g/mol. The van der Waals surface area contributed by atoms with Crippen LogP contribution in [-0.2, 0) is 19.5 Å². The van der Waals surface area contributed by atoms with Crippen LogP contribution in [0.2, 0.25) is 0 Å². The average Bonchev–Trinajstić information content (AvgIpc) is 2.79. The van der Waals surface area contributed by atoms with Crippen molar-refractivity contribution in [3.63, 3.8) is 0 Å². The zero-order valence-electron chi connectivity index (χ0n) is 13.4. The van der Waals surface area contributed by atoms with Gasteiger partial charge >= 0.3 is 22.5 Å². The highest BCUT2D eigenvalue weighted by atomic mass is 32.3. The average molecular weight is 384 g/mol. The summed E-state index contributed by atoms with van der Waals surface area (Å²) in [6, 6.07) is 5.31. The smallest absolute Gasteiger partial charge is 0.309 e. The van der Waals surface area contributed by atoms with Crippen LogP contribution in [0.3, 0.4) is 0 Å². The van der Waals surface area contributed by atoms with Gasteiger partial charge in [-0.1, -0.05) is 18.2 Å². The largest absolute Gasteiger partial charge is 0.418 e. The Morgan fingerprint density at radius 2 is 1.88 bits per heavy atom. The molecule has 2 fully saturated rings. The van der Waals surface area contributed by atoms with E-state index in [2.05, 4.69) is 14.9 Å². The molecule has 3 rings (SSSR count). The normalized spacial score (nSPS) is 22.3. The number of nitrogens with one attached hydrogen (secondary N) is 2. The molecular weight excluding hydrogens is 368 g/mol. The third-order valence-corrected chi connectivity index (χ3v) is 4.42. The Hall–Kier alpha value is -2.70. The van der Waals surface area contributed by atoms with Crippen LogP contribution in [0.4, 0.5) is 15.3 Å². The molecule has 0 saturated carbocycles. The first kappa shape index (κ1) is 18.1. The number of carbonyl (C=O) groups excluding carboxylic acids is 3. The van der Waals surface area contributed by atoms with Crippen LogP contribution in [0.15, 0.2) is 30.3 Å². The SMILES string of the molecule is O=C(NC(=O)[C@@H]1CC[C@@H]2CN1C(=O)N2OS(=O)(=O)O)Nc1ccccc1. The van der Waals surface area contributed by atoms with Crippen molar-refractivity contribution in [3.8, 4) is 0 Å². The van der Waals surface area contributed by atoms with Crippen molar-refractivity contribution < 1.29 is 31.6 Å². The van der Waals surface area contributed by atoms with Gasteiger partial charge in [0.05, 0.1) is 6.04 Å². The number of rotatable bonds is 4. The van der Waals surface area contributed by atoms with Crippen molar-refractivity contribution in [2.45, 2.75) is 24.9 Å². The molecule has 1 aromatic rings. The minimum atomic E-state index is -4.86. The molecule has 26 heavy (non-hydrogen) atoms. The van der Waals surface area contributed by atoms with Gasteiger partial charge in [-0.25, -0.2) is 9.59 Å². The van der Waals surface area contributed by atoms with Gasteiger partial charge in [-0.3, -0.25) is 14.7 Å². The molecule has 1 aromatic carbocycles. The molecule has 2 bridgehead atoms. The molecule has 2 saturated heterocycles. The fourth-order valence-electron chi connectivity index (χ4n) is 2.98. The molecular formula is C14H16N4O7S. The van der Waals surface area contributed by atoms with Gasteiger partial charge in [0.25, 0.3) is 5.91 Å². The van der Waals surface area contributed by atoms with Gasteiger partial charge in [0.2, 0.25) is 0 Å². The molecule has 2 atom stereocenters. The van der Waals surface area contributed by atoms with Crippen molar-refractivity contribution in [2.75, 3.05) is 11.9 Å². The molecule has 0 spiro atoms. The Morgan fingerprint density at radius 1 is 1.19 bits per heavy atom. The summed E-state index contributed by atoms with van der Waals surface area (Å²) in [5, 5.41) is 5.17. The number of hydrogen-bond acceptors (Lipinski definition) is 6. The molecule has 11 nitrogen and oxygen atoms in total. The van der Waals surface area contributed by atoms with E-state index in [0.717, 1.165) is 4.90 Å². The maximum atomic E-state index is 12.3. The minimum Gasteiger partial charge on any atom is -0.309 e. The van der Waals surface area contributed by atoms with Gasteiger partial charge in [0.1, 0.15) is 6.04 Å². The predicted octanol–water partition coefficient (Wildman–Crippen LogP) is 0.338. The Kier molecular flexibility index (Phi) is 4.80. The van der Waals surface area contributed by atoms with E-state index in [9.17, 15) is 22.8 Å². The van der Waals surface area contributed by atoms with Crippen molar-refractivity contribution in [2.24, 2.45) is 0 Å². The van der Waals surface area contributed by atoms with Crippen LogP contribution < -0.4 is 10.6 Å². The van der Waals surface area contributed by atoms with Crippen molar-refractivity contribution in [1.82, 2.24) is 15.3 Å². The summed E-state index contributed by atoms with van der Waals surface area (Å²) in [6.07, 6.45) is 0.488. The first-order chi connectivity index (χ1) is 12.2. The van der Waals surface area contributed by atoms with E-state index in [-0.39, 0.29) is 19.4 Å².